The number of amides is 1. The van der Waals surface area contributed by atoms with Gasteiger partial charge < -0.3 is 0 Å². The van der Waals surface area contributed by atoms with Crippen molar-refractivity contribution >= 4 is 21.7 Å². The van der Waals surface area contributed by atoms with Crippen LogP contribution in [0.3, 0.4) is 0 Å². The number of nitrogens with zero attached hydrogens (tertiary/aromatic N) is 1. The van der Waals surface area contributed by atoms with E-state index in [1.54, 1.807) is 18.2 Å². The van der Waals surface area contributed by atoms with E-state index in [0.29, 0.717) is 6.42 Å². The van der Waals surface area contributed by atoms with Crippen LogP contribution < -0.4 is 10.2 Å². The van der Waals surface area contributed by atoms with Gasteiger partial charge in [0.15, 0.2) is 0 Å². The predicted octanol–water partition coefficient (Wildman–Crippen LogP) is 1.67. The van der Waals surface area contributed by atoms with Gasteiger partial charge in [-0.15, -0.1) is 0 Å². The summed E-state index contributed by atoms with van der Waals surface area (Å²) in [4.78, 5) is 11.7. The van der Waals surface area contributed by atoms with Gasteiger partial charge in [0, 0.05) is 13.1 Å². The number of nitrogens with one attached hydrogen (secondary N) is 2. The first-order valence-electron chi connectivity index (χ1n) is 8.39. The third-order valence-corrected chi connectivity index (χ3v) is 5.75. The zero-order chi connectivity index (χ0) is 19.3. The molecule has 0 fully saturated rings. The number of carbonyl (C=O) groups is 1. The van der Waals surface area contributed by atoms with Crippen LogP contribution in [0.25, 0.3) is 5.57 Å². The van der Waals surface area contributed by atoms with Crippen LogP contribution in [-0.2, 0) is 15.0 Å². The molecule has 1 aromatic rings. The molecule has 1 aromatic carbocycles. The topological polar surface area (TPSA) is 98.7 Å². The molecule has 0 bridgehead atoms. The number of benzene rings is 1. The molecular weight excluding hydrogens is 361 g/mol. The lowest BCUT2D eigenvalue weighted by atomic mass is 10.0. The minimum atomic E-state index is -3.89. The van der Waals surface area contributed by atoms with Gasteiger partial charge in [0.25, 0.3) is 16.1 Å². The highest BCUT2D eigenvalue weighted by atomic mass is 32.2. The quantitative estimate of drug-likeness (QED) is 0.491. The van der Waals surface area contributed by atoms with Crippen LogP contribution in [0.5, 0.6) is 0 Å². The molecule has 3 N–H and O–H groups in total. The molecule has 1 aliphatic heterocycles. The van der Waals surface area contributed by atoms with Crippen LogP contribution in [0.1, 0.15) is 32.3 Å². The highest BCUT2D eigenvalue weighted by molar-refractivity contribution is 7.87. The summed E-state index contributed by atoms with van der Waals surface area (Å²) in [6.07, 6.45) is 2.52. The average molecular weight is 385 g/mol. The first kappa shape index (κ1) is 20.5. The molecule has 1 heterocycles. The number of halogens is 1. The minimum absolute atomic E-state index is 0.0614. The Morgan fingerprint density at radius 1 is 1.31 bits per heavy atom. The van der Waals surface area contributed by atoms with Crippen molar-refractivity contribution in [1.82, 2.24) is 14.5 Å². The SMILES string of the molecule is CC(C)CC(NS(=O)(=O)N1CC=C(c2ccc(F)cc2)CC1)C(=O)NO. The molecule has 0 radical (unpaired) electrons. The summed E-state index contributed by atoms with van der Waals surface area (Å²) in [6.45, 7) is 4.10. The van der Waals surface area contributed by atoms with Gasteiger partial charge in [-0.1, -0.05) is 32.1 Å². The third kappa shape index (κ3) is 5.34. The number of hydrogen-bond donors (Lipinski definition) is 3. The summed E-state index contributed by atoms with van der Waals surface area (Å²) in [6, 6.07) is 5.00. The molecule has 0 saturated heterocycles. The summed E-state index contributed by atoms with van der Waals surface area (Å²) in [7, 11) is -3.89. The average Bonchev–Trinajstić information content (AvgIpc) is 2.60. The second kappa shape index (κ2) is 8.72. The second-order valence-electron chi connectivity index (χ2n) is 6.63. The number of hydroxylamine groups is 1. The molecule has 7 nitrogen and oxygen atoms in total. The normalized spacial score (nSPS) is 17.0. The van der Waals surface area contributed by atoms with Crippen LogP contribution in [0.15, 0.2) is 30.3 Å². The number of carbonyl (C=O) groups excluding carboxylic acids is 1. The van der Waals surface area contributed by atoms with E-state index >= 15 is 0 Å². The van der Waals surface area contributed by atoms with Gasteiger partial charge in [0.2, 0.25) is 0 Å². The Kier molecular flexibility index (Phi) is 6.87. The van der Waals surface area contributed by atoms with Crippen molar-refractivity contribution in [3.8, 4) is 0 Å². The molecule has 9 heteroatoms. The molecule has 0 spiro atoms. The van der Waals surface area contributed by atoms with Crippen molar-refractivity contribution < 1.29 is 22.8 Å². The summed E-state index contributed by atoms with van der Waals surface area (Å²) in [5.41, 5.74) is 3.30. The van der Waals surface area contributed by atoms with E-state index in [1.807, 2.05) is 13.8 Å². The zero-order valence-corrected chi connectivity index (χ0v) is 15.6. The standard InChI is InChI=1S/C17H24FN3O4S/c1-12(2)11-16(17(22)19-23)20-26(24,25)21-9-7-14(8-10-21)13-3-5-15(18)6-4-13/h3-7,12,16,20,23H,8-11H2,1-2H3,(H,19,22). The van der Waals surface area contributed by atoms with Crippen molar-refractivity contribution in [2.45, 2.75) is 32.7 Å². The van der Waals surface area contributed by atoms with Crippen LogP contribution in [0.4, 0.5) is 4.39 Å². The monoisotopic (exact) mass is 385 g/mol. The maximum Gasteiger partial charge on any atom is 0.280 e. The molecule has 1 amide bonds. The van der Waals surface area contributed by atoms with Crippen molar-refractivity contribution in [3.63, 3.8) is 0 Å². The Labute approximate surface area is 153 Å². The molecule has 1 unspecified atom stereocenters. The van der Waals surface area contributed by atoms with Crippen LogP contribution in [-0.4, -0.2) is 43.0 Å². The minimum Gasteiger partial charge on any atom is -0.289 e. The fourth-order valence-corrected chi connectivity index (χ4v) is 4.12. The van der Waals surface area contributed by atoms with E-state index in [0.717, 1.165) is 11.1 Å². The smallest absolute Gasteiger partial charge is 0.280 e. The third-order valence-electron chi connectivity index (χ3n) is 4.15. The Bertz CT molecular complexity index is 763. The summed E-state index contributed by atoms with van der Waals surface area (Å²) in [5, 5.41) is 8.82. The highest BCUT2D eigenvalue weighted by Crippen LogP contribution is 2.23. The van der Waals surface area contributed by atoms with Gasteiger partial charge >= 0.3 is 0 Å². The van der Waals surface area contributed by atoms with Crippen molar-refractivity contribution in [2.24, 2.45) is 5.92 Å². The summed E-state index contributed by atoms with van der Waals surface area (Å²) in [5.74, 6) is -1.05. The zero-order valence-electron chi connectivity index (χ0n) is 14.8. The molecule has 2 rings (SSSR count). The van der Waals surface area contributed by atoms with Gasteiger partial charge in [-0.3, -0.25) is 10.0 Å². The van der Waals surface area contributed by atoms with Crippen molar-refractivity contribution in [3.05, 3.63) is 41.7 Å². The molecule has 144 valence electrons. The molecule has 0 aliphatic carbocycles. The molecule has 1 aliphatic rings. The maximum atomic E-state index is 13.0. The highest BCUT2D eigenvalue weighted by Gasteiger charge is 2.30. The Balaban J connectivity index is 2.08. The maximum absolute atomic E-state index is 13.0. The first-order valence-corrected chi connectivity index (χ1v) is 9.83. The van der Waals surface area contributed by atoms with E-state index in [2.05, 4.69) is 4.72 Å². The van der Waals surface area contributed by atoms with Gasteiger partial charge in [-0.05, 0) is 42.0 Å². The van der Waals surface area contributed by atoms with Gasteiger partial charge in [-0.2, -0.15) is 17.4 Å². The van der Waals surface area contributed by atoms with E-state index in [1.165, 1.54) is 21.9 Å². The van der Waals surface area contributed by atoms with Crippen molar-refractivity contribution in [1.29, 1.82) is 0 Å². The predicted molar refractivity (Wildman–Crippen MR) is 95.8 cm³/mol. The first-order chi connectivity index (χ1) is 12.2. The lowest BCUT2D eigenvalue weighted by Gasteiger charge is -2.28. The second-order valence-corrected chi connectivity index (χ2v) is 8.33. The Hall–Kier alpha value is -1.81. The lowest BCUT2D eigenvalue weighted by Crippen LogP contribution is -2.52. The Morgan fingerprint density at radius 3 is 2.46 bits per heavy atom. The van der Waals surface area contributed by atoms with Crippen molar-refractivity contribution in [2.75, 3.05) is 13.1 Å². The number of rotatable bonds is 7. The van der Waals surface area contributed by atoms with Crippen LogP contribution in [0, 0.1) is 11.7 Å². The molecule has 0 aromatic heterocycles. The van der Waals surface area contributed by atoms with Crippen LogP contribution in [0.2, 0.25) is 0 Å². The van der Waals surface area contributed by atoms with Gasteiger partial charge in [0.05, 0.1) is 0 Å². The van der Waals surface area contributed by atoms with E-state index < -0.39 is 22.2 Å². The largest absolute Gasteiger partial charge is 0.289 e. The summed E-state index contributed by atoms with van der Waals surface area (Å²) < 4.78 is 41.7. The van der Waals surface area contributed by atoms with Gasteiger partial charge in [-0.25, -0.2) is 9.87 Å². The molecule has 0 saturated carbocycles. The summed E-state index contributed by atoms with van der Waals surface area (Å²) >= 11 is 0. The van der Waals surface area contributed by atoms with Gasteiger partial charge in [0.1, 0.15) is 11.9 Å². The fraction of sp³-hybridized carbons (Fsp3) is 0.471. The fourth-order valence-electron chi connectivity index (χ4n) is 2.81. The molecular formula is C17H24FN3O4S. The number of hydrogen-bond acceptors (Lipinski definition) is 4. The molecule has 26 heavy (non-hydrogen) atoms. The Morgan fingerprint density at radius 2 is 1.96 bits per heavy atom. The molecule has 1 atom stereocenters. The van der Waals surface area contributed by atoms with E-state index in [-0.39, 0.29) is 31.2 Å². The lowest BCUT2D eigenvalue weighted by molar-refractivity contribution is -0.131. The van der Waals surface area contributed by atoms with Crippen LogP contribution >= 0.6 is 0 Å². The van der Waals surface area contributed by atoms with E-state index in [4.69, 9.17) is 5.21 Å². The van der Waals surface area contributed by atoms with E-state index in [9.17, 15) is 17.6 Å².